The van der Waals surface area contributed by atoms with Gasteiger partial charge in [0.15, 0.2) is 0 Å². The summed E-state index contributed by atoms with van der Waals surface area (Å²) in [6.07, 6.45) is 3.59. The number of carboxylic acids is 1. The molecule has 3 N–H and O–H groups in total. The summed E-state index contributed by atoms with van der Waals surface area (Å²) >= 11 is 0. The van der Waals surface area contributed by atoms with Gasteiger partial charge in [-0.15, -0.1) is 6.58 Å². The first-order valence-electron chi connectivity index (χ1n) is 5.32. The third kappa shape index (κ3) is 6.19. The molecule has 0 radical (unpaired) electrons. The first-order valence-corrected chi connectivity index (χ1v) is 5.32. The van der Waals surface area contributed by atoms with Crippen molar-refractivity contribution in [1.82, 2.24) is 4.90 Å². The van der Waals surface area contributed by atoms with E-state index >= 15 is 0 Å². The zero-order chi connectivity index (χ0) is 12.6. The number of hydrogen-bond donors (Lipinski definition) is 2. The summed E-state index contributed by atoms with van der Waals surface area (Å²) in [4.78, 5) is 23.5. The fraction of sp³-hybridized carbons (Fsp3) is 0.636. The highest BCUT2D eigenvalue weighted by Crippen LogP contribution is 2.01. The molecule has 0 bridgehead atoms. The summed E-state index contributed by atoms with van der Waals surface area (Å²) in [7, 11) is 1.67. The number of nitrogens with zero attached hydrogens (tertiary/aromatic N) is 1. The lowest BCUT2D eigenvalue weighted by Crippen LogP contribution is -2.42. The van der Waals surface area contributed by atoms with Crippen molar-refractivity contribution in [2.75, 3.05) is 13.6 Å². The number of carboxylic acid groups (broad SMARTS) is 1. The van der Waals surface area contributed by atoms with E-state index in [2.05, 4.69) is 6.58 Å². The lowest BCUT2D eigenvalue weighted by atomic mass is 10.1. The van der Waals surface area contributed by atoms with Crippen LogP contribution >= 0.6 is 0 Å². The second-order valence-electron chi connectivity index (χ2n) is 3.73. The molecule has 16 heavy (non-hydrogen) atoms. The number of allylic oxidation sites excluding steroid dienone is 1. The summed E-state index contributed by atoms with van der Waals surface area (Å²) < 4.78 is 0. The number of unbranched alkanes of at least 4 members (excludes halogenated alkanes) is 1. The van der Waals surface area contributed by atoms with Gasteiger partial charge in [-0.25, -0.2) is 0 Å². The smallest absolute Gasteiger partial charge is 0.303 e. The van der Waals surface area contributed by atoms with Gasteiger partial charge >= 0.3 is 5.97 Å². The first-order chi connectivity index (χ1) is 7.49. The number of amides is 1. The topological polar surface area (TPSA) is 83.6 Å². The van der Waals surface area contributed by atoms with Crippen LogP contribution in [-0.2, 0) is 9.59 Å². The molecular formula is C11H20N2O3. The molecule has 0 aromatic rings. The van der Waals surface area contributed by atoms with Gasteiger partial charge in [0.2, 0.25) is 5.91 Å². The van der Waals surface area contributed by atoms with Gasteiger partial charge in [0, 0.05) is 20.0 Å². The summed E-state index contributed by atoms with van der Waals surface area (Å²) in [5, 5.41) is 8.46. The van der Waals surface area contributed by atoms with Crippen molar-refractivity contribution in [3.63, 3.8) is 0 Å². The van der Waals surface area contributed by atoms with Crippen molar-refractivity contribution in [3.05, 3.63) is 12.7 Å². The molecule has 1 unspecified atom stereocenters. The Labute approximate surface area is 95.9 Å². The lowest BCUT2D eigenvalue weighted by molar-refractivity contribution is -0.137. The molecule has 0 aliphatic carbocycles. The average Bonchev–Trinajstić information content (AvgIpc) is 2.24. The molecule has 92 valence electrons. The van der Waals surface area contributed by atoms with Crippen LogP contribution in [0.5, 0.6) is 0 Å². The van der Waals surface area contributed by atoms with Gasteiger partial charge < -0.3 is 15.7 Å². The summed E-state index contributed by atoms with van der Waals surface area (Å²) in [6.45, 7) is 4.21. The van der Waals surface area contributed by atoms with Crippen molar-refractivity contribution in [3.8, 4) is 0 Å². The molecule has 1 atom stereocenters. The third-order valence-corrected chi connectivity index (χ3v) is 2.26. The molecule has 0 saturated carbocycles. The number of carbonyl (C=O) groups is 2. The predicted octanol–water partition coefficient (Wildman–Crippen LogP) is 0.603. The molecule has 0 spiro atoms. The molecule has 0 saturated heterocycles. The van der Waals surface area contributed by atoms with Crippen LogP contribution in [0.25, 0.3) is 0 Å². The van der Waals surface area contributed by atoms with Crippen LogP contribution in [0.4, 0.5) is 0 Å². The number of likely N-dealkylation sites (N-methyl/N-ethyl adjacent to an activating group) is 1. The summed E-state index contributed by atoms with van der Waals surface area (Å²) in [6, 6.07) is -0.718. The maximum Gasteiger partial charge on any atom is 0.303 e. The molecular weight excluding hydrogens is 208 g/mol. The molecule has 0 aromatic carbocycles. The summed E-state index contributed by atoms with van der Waals surface area (Å²) in [5.74, 6) is -1.14. The maximum absolute atomic E-state index is 11.6. The van der Waals surface area contributed by atoms with Gasteiger partial charge in [0.05, 0.1) is 6.04 Å². The van der Waals surface area contributed by atoms with Gasteiger partial charge in [-0.3, -0.25) is 9.59 Å². The van der Waals surface area contributed by atoms with Crippen LogP contribution in [0, 0.1) is 0 Å². The molecule has 0 heterocycles. The fourth-order valence-electron chi connectivity index (χ4n) is 1.27. The van der Waals surface area contributed by atoms with Crippen molar-refractivity contribution in [2.24, 2.45) is 5.73 Å². The molecule has 0 fully saturated rings. The van der Waals surface area contributed by atoms with E-state index in [4.69, 9.17) is 10.8 Å². The van der Waals surface area contributed by atoms with Gasteiger partial charge in [-0.1, -0.05) is 6.08 Å². The minimum atomic E-state index is -0.933. The van der Waals surface area contributed by atoms with Crippen LogP contribution in [0.1, 0.15) is 25.7 Å². The van der Waals surface area contributed by atoms with Crippen LogP contribution in [-0.4, -0.2) is 41.5 Å². The van der Waals surface area contributed by atoms with Crippen LogP contribution in [0.2, 0.25) is 0 Å². The first kappa shape index (κ1) is 14.6. The molecule has 0 aromatic heterocycles. The van der Waals surface area contributed by atoms with E-state index in [1.165, 1.54) is 4.90 Å². The van der Waals surface area contributed by atoms with Gasteiger partial charge in [0.25, 0.3) is 0 Å². The van der Waals surface area contributed by atoms with Gasteiger partial charge in [-0.05, 0) is 19.3 Å². The molecule has 5 heteroatoms. The lowest BCUT2D eigenvalue weighted by Gasteiger charge is -2.20. The van der Waals surface area contributed by atoms with E-state index in [-0.39, 0.29) is 18.7 Å². The Kier molecular flexibility index (Phi) is 7.20. The normalized spacial score (nSPS) is 11.9. The quantitative estimate of drug-likeness (QED) is 0.471. The Morgan fingerprint density at radius 1 is 1.56 bits per heavy atom. The largest absolute Gasteiger partial charge is 0.481 e. The minimum Gasteiger partial charge on any atom is -0.481 e. The predicted molar refractivity (Wildman–Crippen MR) is 61.9 cm³/mol. The molecule has 0 rings (SSSR count). The second-order valence-corrected chi connectivity index (χ2v) is 3.73. The Bertz CT molecular complexity index is 254. The number of carbonyl (C=O) groups excluding carboxylic acids is 1. The fourth-order valence-corrected chi connectivity index (χ4v) is 1.27. The number of rotatable bonds is 8. The number of hydrogen-bond acceptors (Lipinski definition) is 3. The molecule has 0 aliphatic rings. The Morgan fingerprint density at radius 3 is 2.69 bits per heavy atom. The monoisotopic (exact) mass is 228 g/mol. The number of nitrogens with two attached hydrogens (primary N) is 1. The second kappa shape index (κ2) is 7.87. The van der Waals surface area contributed by atoms with Gasteiger partial charge in [-0.2, -0.15) is 0 Å². The minimum absolute atomic E-state index is 0.0760. The van der Waals surface area contributed by atoms with Crippen LogP contribution < -0.4 is 5.73 Å². The highest BCUT2D eigenvalue weighted by atomic mass is 16.4. The van der Waals surface area contributed by atoms with Crippen molar-refractivity contribution < 1.29 is 14.7 Å². The molecule has 0 aliphatic heterocycles. The van der Waals surface area contributed by atoms with Crippen molar-refractivity contribution >= 4 is 11.9 Å². The van der Waals surface area contributed by atoms with E-state index < -0.39 is 12.0 Å². The molecule has 1 amide bonds. The van der Waals surface area contributed by atoms with Gasteiger partial charge in [0.1, 0.15) is 0 Å². The van der Waals surface area contributed by atoms with Crippen LogP contribution in [0.3, 0.4) is 0 Å². The third-order valence-electron chi connectivity index (χ3n) is 2.26. The molecule has 5 nitrogen and oxygen atoms in total. The highest BCUT2D eigenvalue weighted by molar-refractivity contribution is 5.82. The van der Waals surface area contributed by atoms with Crippen molar-refractivity contribution in [2.45, 2.75) is 31.7 Å². The summed E-state index contributed by atoms with van der Waals surface area (Å²) in [5.41, 5.74) is 5.60. The highest BCUT2D eigenvalue weighted by Gasteiger charge is 2.18. The van der Waals surface area contributed by atoms with E-state index in [9.17, 15) is 9.59 Å². The number of aliphatic carboxylic acids is 1. The van der Waals surface area contributed by atoms with E-state index in [1.807, 2.05) is 0 Å². The maximum atomic E-state index is 11.6. The Balaban J connectivity index is 3.91. The Morgan fingerprint density at radius 2 is 2.19 bits per heavy atom. The van der Waals surface area contributed by atoms with E-state index in [0.717, 1.165) is 12.8 Å². The zero-order valence-electron chi connectivity index (χ0n) is 9.69. The van der Waals surface area contributed by atoms with E-state index in [0.29, 0.717) is 6.54 Å². The standard InChI is InChI=1S/C11H20N2O3/c1-3-4-5-8-13(2)11(16)9(12)6-7-10(14)15/h3,9H,1,4-8,12H2,2H3,(H,14,15). The van der Waals surface area contributed by atoms with E-state index in [1.54, 1.807) is 13.1 Å². The average molecular weight is 228 g/mol. The van der Waals surface area contributed by atoms with Crippen LogP contribution in [0.15, 0.2) is 12.7 Å². The SMILES string of the molecule is C=CCCCN(C)C(=O)C(N)CCC(=O)O. The zero-order valence-corrected chi connectivity index (χ0v) is 9.69. The Hall–Kier alpha value is -1.36. The van der Waals surface area contributed by atoms with Crippen molar-refractivity contribution in [1.29, 1.82) is 0 Å².